The summed E-state index contributed by atoms with van der Waals surface area (Å²) in [6.07, 6.45) is 4.14. The fraction of sp³-hybridized carbons (Fsp3) is 0.316. The van der Waals surface area contributed by atoms with E-state index in [4.69, 9.17) is 15.1 Å². The normalized spacial score (nSPS) is 12.6. The summed E-state index contributed by atoms with van der Waals surface area (Å²) in [6, 6.07) is 8.20. The van der Waals surface area contributed by atoms with Crippen LogP contribution in [0, 0.1) is 13.8 Å². The molecule has 1 atom stereocenters. The molecule has 7 nitrogen and oxygen atoms in total. The van der Waals surface area contributed by atoms with E-state index in [2.05, 4.69) is 43.0 Å². The Bertz CT molecular complexity index is 1050. The maximum absolute atomic E-state index is 4.82. The average molecular weight is 347 g/mol. The van der Waals surface area contributed by atoms with Gasteiger partial charge in [-0.15, -0.1) is 5.10 Å². The molecule has 0 aliphatic heterocycles. The lowest BCUT2D eigenvalue weighted by Gasteiger charge is -2.10. The number of hydrogen-bond donors (Lipinski definition) is 0. The van der Waals surface area contributed by atoms with Crippen molar-refractivity contribution in [3.05, 3.63) is 54.0 Å². The Kier molecular flexibility index (Phi) is 3.99. The summed E-state index contributed by atoms with van der Waals surface area (Å²) in [7, 11) is 0. The van der Waals surface area contributed by atoms with Gasteiger partial charge in [0, 0.05) is 11.5 Å². The van der Waals surface area contributed by atoms with Gasteiger partial charge in [-0.2, -0.15) is 5.10 Å². The third-order valence-corrected chi connectivity index (χ3v) is 4.67. The summed E-state index contributed by atoms with van der Waals surface area (Å²) < 4.78 is 3.59. The molecular formula is C19H21N7. The zero-order valence-electron chi connectivity index (χ0n) is 15.4. The van der Waals surface area contributed by atoms with E-state index < -0.39 is 0 Å². The Morgan fingerprint density at radius 3 is 2.50 bits per heavy atom. The lowest BCUT2D eigenvalue weighted by Crippen LogP contribution is -2.10. The molecule has 1 unspecified atom stereocenters. The fourth-order valence-electron chi connectivity index (χ4n) is 2.97. The molecule has 4 aromatic rings. The number of rotatable bonds is 4. The highest BCUT2D eigenvalue weighted by atomic mass is 15.4. The summed E-state index contributed by atoms with van der Waals surface area (Å²) in [5.74, 6) is 2.57. The lowest BCUT2D eigenvalue weighted by atomic mass is 10.1. The average Bonchev–Trinajstić information content (AvgIpc) is 3.29. The van der Waals surface area contributed by atoms with Gasteiger partial charge in [0.25, 0.3) is 0 Å². The van der Waals surface area contributed by atoms with Crippen LogP contribution in [0.25, 0.3) is 22.7 Å². The second-order valence-electron chi connectivity index (χ2n) is 6.59. The predicted molar refractivity (Wildman–Crippen MR) is 99.3 cm³/mol. The van der Waals surface area contributed by atoms with Crippen LogP contribution in [-0.4, -0.2) is 34.3 Å². The van der Waals surface area contributed by atoms with Gasteiger partial charge in [0.1, 0.15) is 24.0 Å². The summed E-state index contributed by atoms with van der Waals surface area (Å²) in [5, 5.41) is 9.09. The molecule has 7 heteroatoms. The van der Waals surface area contributed by atoms with Crippen molar-refractivity contribution in [3.8, 4) is 17.2 Å². The van der Waals surface area contributed by atoms with E-state index in [0.717, 1.165) is 29.0 Å². The van der Waals surface area contributed by atoms with Crippen LogP contribution in [0.1, 0.15) is 43.3 Å². The largest absolute Gasteiger partial charge is 0.236 e. The molecule has 26 heavy (non-hydrogen) atoms. The zero-order chi connectivity index (χ0) is 18.3. The Labute approximate surface area is 151 Å². The van der Waals surface area contributed by atoms with Crippen molar-refractivity contribution >= 4 is 5.52 Å². The van der Waals surface area contributed by atoms with Crippen LogP contribution in [0.4, 0.5) is 0 Å². The van der Waals surface area contributed by atoms with Gasteiger partial charge in [-0.1, -0.05) is 43.7 Å². The number of nitrogens with zero attached hydrogens (tertiary/aromatic N) is 7. The Hall–Kier alpha value is -3.09. The molecule has 0 radical (unpaired) electrons. The van der Waals surface area contributed by atoms with Crippen molar-refractivity contribution in [2.24, 2.45) is 0 Å². The molecular weight excluding hydrogens is 326 g/mol. The first-order valence-corrected chi connectivity index (χ1v) is 8.77. The van der Waals surface area contributed by atoms with Crippen molar-refractivity contribution in [1.82, 2.24) is 34.3 Å². The van der Waals surface area contributed by atoms with Crippen molar-refractivity contribution < 1.29 is 0 Å². The summed E-state index contributed by atoms with van der Waals surface area (Å²) in [4.78, 5) is 13.6. The van der Waals surface area contributed by atoms with E-state index in [1.807, 2.05) is 23.6 Å². The van der Waals surface area contributed by atoms with Crippen LogP contribution in [-0.2, 0) is 0 Å². The van der Waals surface area contributed by atoms with Gasteiger partial charge >= 0.3 is 0 Å². The summed E-state index contributed by atoms with van der Waals surface area (Å²) >= 11 is 0. The Morgan fingerprint density at radius 1 is 1.08 bits per heavy atom. The third-order valence-electron chi connectivity index (χ3n) is 4.67. The van der Waals surface area contributed by atoms with Crippen LogP contribution in [0.2, 0.25) is 0 Å². The molecule has 0 aliphatic rings. The van der Waals surface area contributed by atoms with E-state index in [1.165, 1.54) is 11.9 Å². The fourth-order valence-corrected chi connectivity index (χ4v) is 2.97. The number of aryl methyl sites for hydroxylation is 2. The number of benzene rings is 1. The minimum Gasteiger partial charge on any atom is -0.236 e. The van der Waals surface area contributed by atoms with E-state index in [1.54, 1.807) is 11.0 Å². The molecule has 4 rings (SSSR count). The van der Waals surface area contributed by atoms with E-state index in [0.29, 0.717) is 17.6 Å². The Morgan fingerprint density at radius 2 is 1.85 bits per heavy atom. The highest BCUT2D eigenvalue weighted by molar-refractivity contribution is 5.67. The molecule has 3 heterocycles. The molecule has 1 aromatic carbocycles. The molecule has 0 spiro atoms. The van der Waals surface area contributed by atoms with E-state index in [9.17, 15) is 0 Å². The van der Waals surface area contributed by atoms with Crippen LogP contribution in [0.5, 0.6) is 0 Å². The molecule has 0 N–H and O–H groups in total. The first-order chi connectivity index (χ1) is 12.6. The minimum absolute atomic E-state index is 0.292. The predicted octanol–water partition coefficient (Wildman–Crippen LogP) is 3.50. The second-order valence-corrected chi connectivity index (χ2v) is 6.59. The lowest BCUT2D eigenvalue weighted by molar-refractivity contribution is 0.648. The maximum atomic E-state index is 4.82. The van der Waals surface area contributed by atoms with Crippen LogP contribution < -0.4 is 0 Å². The monoisotopic (exact) mass is 347 g/mol. The first kappa shape index (κ1) is 16.4. The molecule has 0 saturated carbocycles. The number of hydrogen-bond acceptors (Lipinski definition) is 5. The van der Waals surface area contributed by atoms with E-state index >= 15 is 0 Å². The van der Waals surface area contributed by atoms with Crippen molar-refractivity contribution in [1.29, 1.82) is 0 Å². The van der Waals surface area contributed by atoms with Crippen LogP contribution in [0.15, 0.2) is 36.9 Å². The van der Waals surface area contributed by atoms with Gasteiger partial charge in [-0.05, 0) is 20.3 Å². The van der Waals surface area contributed by atoms with Gasteiger partial charge in [0.05, 0.1) is 5.69 Å². The van der Waals surface area contributed by atoms with E-state index in [-0.39, 0.29) is 0 Å². The SMILES string of the molecule is CCC(C)c1nc(C)c2c(-n3cncn3)nc(-c3ccc(C)cc3)nn12. The van der Waals surface area contributed by atoms with Gasteiger partial charge in [0.2, 0.25) is 0 Å². The second kappa shape index (κ2) is 6.33. The molecule has 0 amide bonds. The minimum atomic E-state index is 0.292. The number of fused-ring (bicyclic) bond motifs is 1. The molecule has 0 fully saturated rings. The first-order valence-electron chi connectivity index (χ1n) is 8.77. The maximum Gasteiger partial charge on any atom is 0.185 e. The van der Waals surface area contributed by atoms with Gasteiger partial charge in [-0.3, -0.25) is 0 Å². The van der Waals surface area contributed by atoms with Crippen molar-refractivity contribution in [3.63, 3.8) is 0 Å². The smallest absolute Gasteiger partial charge is 0.185 e. The van der Waals surface area contributed by atoms with Crippen LogP contribution in [0.3, 0.4) is 0 Å². The number of aromatic nitrogens is 7. The standard InChI is InChI=1S/C19H21N7/c1-5-13(3)18-22-14(4)16-19(25-11-20-10-21-25)23-17(24-26(16)18)15-8-6-12(2)7-9-15/h6-11,13H,5H2,1-4H3. The van der Waals surface area contributed by atoms with Crippen LogP contribution >= 0.6 is 0 Å². The molecule has 0 saturated heterocycles. The quantitative estimate of drug-likeness (QED) is 0.565. The molecule has 132 valence electrons. The topological polar surface area (TPSA) is 73.8 Å². The Balaban J connectivity index is 2.04. The van der Waals surface area contributed by atoms with Gasteiger partial charge in [0.15, 0.2) is 11.6 Å². The molecule has 3 aromatic heterocycles. The van der Waals surface area contributed by atoms with Crippen molar-refractivity contribution in [2.75, 3.05) is 0 Å². The van der Waals surface area contributed by atoms with Crippen molar-refractivity contribution in [2.45, 2.75) is 40.0 Å². The highest BCUT2D eigenvalue weighted by Gasteiger charge is 2.21. The number of imidazole rings is 1. The third kappa shape index (κ3) is 2.65. The van der Waals surface area contributed by atoms with Gasteiger partial charge < -0.3 is 0 Å². The summed E-state index contributed by atoms with van der Waals surface area (Å²) in [6.45, 7) is 8.37. The molecule has 0 bridgehead atoms. The summed E-state index contributed by atoms with van der Waals surface area (Å²) in [5.41, 5.74) is 3.91. The highest BCUT2D eigenvalue weighted by Crippen LogP contribution is 2.26. The van der Waals surface area contributed by atoms with Gasteiger partial charge in [-0.25, -0.2) is 24.1 Å². The zero-order valence-corrected chi connectivity index (χ0v) is 15.4. The molecule has 0 aliphatic carbocycles.